The highest BCUT2D eigenvalue weighted by Gasteiger charge is 2.04. The summed E-state index contributed by atoms with van der Waals surface area (Å²) in [6.45, 7) is 2.83. The molecule has 0 saturated carbocycles. The first kappa shape index (κ1) is 15.0. The number of nitrogens with zero attached hydrogens (tertiary/aromatic N) is 4. The van der Waals surface area contributed by atoms with E-state index in [0.717, 1.165) is 30.8 Å². The maximum absolute atomic E-state index is 5.56. The molecule has 2 aromatic heterocycles. The molecule has 0 fully saturated rings. The van der Waals surface area contributed by atoms with Crippen LogP contribution >= 0.6 is 0 Å². The Morgan fingerprint density at radius 2 is 2.09 bits per heavy atom. The van der Waals surface area contributed by atoms with Gasteiger partial charge in [-0.3, -0.25) is 0 Å². The Hall–Kier alpha value is -2.89. The number of hydrogen-bond acceptors (Lipinski definition) is 4. The van der Waals surface area contributed by atoms with Gasteiger partial charge in [0, 0.05) is 11.9 Å². The maximum Gasteiger partial charge on any atom is 0.197 e. The third-order valence-electron chi connectivity index (χ3n) is 3.51. The molecule has 0 radical (unpaired) electrons. The minimum absolute atomic E-state index is 0.449. The smallest absolute Gasteiger partial charge is 0.197 e. The zero-order valence-corrected chi connectivity index (χ0v) is 13.1. The first-order valence-electron chi connectivity index (χ1n) is 7.59. The lowest BCUT2D eigenvalue weighted by molar-refractivity contribution is 0.643. The zero-order chi connectivity index (χ0) is 16.1. The van der Waals surface area contributed by atoms with Gasteiger partial charge in [-0.25, -0.2) is 9.67 Å². The van der Waals surface area contributed by atoms with E-state index in [9.17, 15) is 0 Å². The van der Waals surface area contributed by atoms with E-state index in [4.69, 9.17) is 5.73 Å². The van der Waals surface area contributed by atoms with Gasteiger partial charge in [0.2, 0.25) is 0 Å². The van der Waals surface area contributed by atoms with E-state index in [0.29, 0.717) is 5.95 Å². The van der Waals surface area contributed by atoms with Gasteiger partial charge in [0.25, 0.3) is 0 Å². The van der Waals surface area contributed by atoms with E-state index in [-0.39, 0.29) is 0 Å². The number of aromatic amines is 1. The number of nitrogen functional groups attached to an aromatic ring is 1. The lowest BCUT2D eigenvalue weighted by Gasteiger charge is -2.01. The molecule has 0 aliphatic rings. The van der Waals surface area contributed by atoms with Gasteiger partial charge >= 0.3 is 0 Å². The van der Waals surface area contributed by atoms with Crippen LogP contribution in [0.2, 0.25) is 0 Å². The van der Waals surface area contributed by atoms with Crippen LogP contribution in [0.1, 0.15) is 23.9 Å². The molecule has 23 heavy (non-hydrogen) atoms. The first-order valence-corrected chi connectivity index (χ1v) is 7.59. The summed E-state index contributed by atoms with van der Waals surface area (Å²) in [5, 5.41) is 8.41. The third-order valence-corrected chi connectivity index (χ3v) is 3.51. The molecule has 0 unspecified atom stereocenters. The molecule has 1 aromatic carbocycles. The third kappa shape index (κ3) is 4.29. The fourth-order valence-corrected chi connectivity index (χ4v) is 2.43. The van der Waals surface area contributed by atoms with Crippen LogP contribution in [0.25, 0.3) is 6.08 Å². The van der Waals surface area contributed by atoms with Crippen LogP contribution in [-0.4, -0.2) is 25.0 Å². The average molecular weight is 308 g/mol. The summed E-state index contributed by atoms with van der Waals surface area (Å²) < 4.78 is 1.87. The molecule has 3 rings (SSSR count). The van der Waals surface area contributed by atoms with Crippen molar-refractivity contribution in [2.45, 2.75) is 26.3 Å². The van der Waals surface area contributed by atoms with Crippen molar-refractivity contribution >= 4 is 12.0 Å². The molecule has 2 heterocycles. The number of imidazole rings is 1. The summed E-state index contributed by atoms with van der Waals surface area (Å²) in [5.74, 6) is 0.449. The number of H-pyrrole nitrogens is 1. The van der Waals surface area contributed by atoms with E-state index in [1.54, 1.807) is 6.20 Å². The maximum atomic E-state index is 5.56. The molecule has 0 amide bonds. The quantitative estimate of drug-likeness (QED) is 0.732. The van der Waals surface area contributed by atoms with Crippen molar-refractivity contribution in [3.63, 3.8) is 0 Å². The first-order chi connectivity index (χ1) is 11.2. The van der Waals surface area contributed by atoms with Crippen molar-refractivity contribution in [2.75, 3.05) is 5.73 Å². The second-order valence-corrected chi connectivity index (χ2v) is 5.60. The minimum Gasteiger partial charge on any atom is -0.369 e. The lowest BCUT2D eigenvalue weighted by Crippen LogP contribution is -1.99. The topological polar surface area (TPSA) is 85.4 Å². The summed E-state index contributed by atoms with van der Waals surface area (Å²) in [4.78, 5) is 7.00. The number of anilines is 1. The summed E-state index contributed by atoms with van der Waals surface area (Å²) >= 11 is 0. The Bertz CT molecular complexity index is 784. The predicted octanol–water partition coefficient (Wildman–Crippen LogP) is 2.47. The highest BCUT2D eigenvalue weighted by molar-refractivity contribution is 5.51. The number of nitrogens with two attached hydrogens (primary N) is 1. The molecule has 0 aliphatic heterocycles. The Kier molecular flexibility index (Phi) is 4.52. The molecule has 6 heteroatoms. The fraction of sp³-hybridized carbons (Fsp3) is 0.235. The van der Waals surface area contributed by atoms with Crippen LogP contribution in [0.4, 0.5) is 5.95 Å². The van der Waals surface area contributed by atoms with Crippen molar-refractivity contribution < 1.29 is 0 Å². The second-order valence-electron chi connectivity index (χ2n) is 5.60. The summed E-state index contributed by atoms with van der Waals surface area (Å²) in [6, 6.07) is 10.3. The molecule has 118 valence electrons. The van der Waals surface area contributed by atoms with Gasteiger partial charge in [-0.15, -0.1) is 5.10 Å². The molecule has 0 aliphatic carbocycles. The van der Waals surface area contributed by atoms with Crippen LogP contribution in [0.3, 0.4) is 0 Å². The van der Waals surface area contributed by atoms with E-state index in [1.165, 1.54) is 11.1 Å². The molecule has 0 spiro atoms. The Balaban J connectivity index is 1.57. The standard InChI is InChI=1S/C17H20N6/c1-13(9-14-5-3-2-4-6-14)11-23-12-16(21-22-23)8-7-15-10-19-17(18)20-15/h2-6,9-10,12H,7-8,11H2,1H3,(H3,18,19,20)/b13-9+. The number of hydrogen-bond donors (Lipinski definition) is 2. The van der Waals surface area contributed by atoms with Crippen LogP contribution in [0.15, 0.2) is 48.3 Å². The SMILES string of the molecule is C/C(=C\c1ccccc1)Cn1cc(CCc2cnc(N)[nH]2)nn1. The largest absolute Gasteiger partial charge is 0.369 e. The number of aromatic nitrogens is 5. The predicted molar refractivity (Wildman–Crippen MR) is 90.5 cm³/mol. The van der Waals surface area contributed by atoms with Gasteiger partial charge in [0.1, 0.15) is 0 Å². The molecule has 3 aromatic rings. The summed E-state index contributed by atoms with van der Waals surface area (Å²) in [7, 11) is 0. The number of rotatable bonds is 6. The average Bonchev–Trinajstić information content (AvgIpc) is 3.15. The number of aryl methyl sites for hydroxylation is 2. The highest BCUT2D eigenvalue weighted by Crippen LogP contribution is 2.09. The molecule has 0 saturated heterocycles. The minimum atomic E-state index is 0.449. The van der Waals surface area contributed by atoms with Crippen molar-refractivity contribution in [1.82, 2.24) is 25.0 Å². The van der Waals surface area contributed by atoms with Gasteiger partial charge in [0.15, 0.2) is 5.95 Å². The molecule has 0 bridgehead atoms. The van der Waals surface area contributed by atoms with Crippen molar-refractivity contribution in [1.29, 1.82) is 0 Å². The van der Waals surface area contributed by atoms with Crippen molar-refractivity contribution in [2.24, 2.45) is 0 Å². The van der Waals surface area contributed by atoms with Gasteiger partial charge in [-0.05, 0) is 25.3 Å². The molecular formula is C17H20N6. The lowest BCUT2D eigenvalue weighted by atomic mass is 10.1. The molecule has 3 N–H and O–H groups in total. The van der Waals surface area contributed by atoms with Crippen molar-refractivity contribution in [3.8, 4) is 0 Å². The highest BCUT2D eigenvalue weighted by atomic mass is 15.4. The zero-order valence-electron chi connectivity index (χ0n) is 13.1. The Labute approximate surface area is 135 Å². The van der Waals surface area contributed by atoms with E-state index in [1.807, 2.05) is 29.1 Å². The normalized spacial score (nSPS) is 11.8. The second kappa shape index (κ2) is 6.91. The molecule has 6 nitrogen and oxygen atoms in total. The summed E-state index contributed by atoms with van der Waals surface area (Å²) in [6.07, 6.45) is 7.54. The van der Waals surface area contributed by atoms with Gasteiger partial charge < -0.3 is 10.7 Å². The summed E-state index contributed by atoms with van der Waals surface area (Å²) in [5.41, 5.74) is 9.97. The van der Waals surface area contributed by atoms with Crippen molar-refractivity contribution in [3.05, 3.63) is 65.2 Å². The molecular weight excluding hydrogens is 288 g/mol. The van der Waals surface area contributed by atoms with Crippen LogP contribution in [-0.2, 0) is 19.4 Å². The van der Waals surface area contributed by atoms with Crippen LogP contribution < -0.4 is 5.73 Å². The van der Waals surface area contributed by atoms with Gasteiger partial charge in [-0.1, -0.05) is 47.2 Å². The number of allylic oxidation sites excluding steroid dienone is 1. The van der Waals surface area contributed by atoms with E-state index >= 15 is 0 Å². The number of benzene rings is 1. The van der Waals surface area contributed by atoms with Crippen LogP contribution in [0.5, 0.6) is 0 Å². The molecule has 0 atom stereocenters. The number of nitrogens with one attached hydrogen (secondary N) is 1. The van der Waals surface area contributed by atoms with E-state index < -0.39 is 0 Å². The Morgan fingerprint density at radius 1 is 1.26 bits per heavy atom. The Morgan fingerprint density at radius 3 is 2.83 bits per heavy atom. The monoisotopic (exact) mass is 308 g/mol. The van der Waals surface area contributed by atoms with Gasteiger partial charge in [-0.2, -0.15) is 0 Å². The van der Waals surface area contributed by atoms with E-state index in [2.05, 4.69) is 45.4 Å². The van der Waals surface area contributed by atoms with Crippen LogP contribution in [0, 0.1) is 0 Å². The van der Waals surface area contributed by atoms with Gasteiger partial charge in [0.05, 0.1) is 18.4 Å². The fourth-order valence-electron chi connectivity index (χ4n) is 2.43.